The molecular formula is C54H118B2N2. The predicted octanol–water partition coefficient (Wildman–Crippen LogP) is 18.5. The van der Waals surface area contributed by atoms with Gasteiger partial charge in [-0.15, -0.1) is 0 Å². The van der Waals surface area contributed by atoms with Gasteiger partial charge in [0, 0.05) is 28.9 Å². The van der Waals surface area contributed by atoms with Crippen molar-refractivity contribution >= 4 is 16.8 Å². The van der Waals surface area contributed by atoms with E-state index in [4.69, 9.17) is 0 Å². The highest BCUT2D eigenvalue weighted by molar-refractivity contribution is 5.76. The molecule has 4 fully saturated rings. The molecule has 4 rings (SSSR count). The Morgan fingerprint density at radius 3 is 0.552 bits per heavy atom. The molecule has 0 atom stereocenters. The molecule has 2 aliphatic heterocycles. The van der Waals surface area contributed by atoms with Crippen LogP contribution >= 0.6 is 0 Å². The summed E-state index contributed by atoms with van der Waals surface area (Å²) in [5.41, 5.74) is 1.59. The quantitative estimate of drug-likeness (QED) is 0.161. The van der Waals surface area contributed by atoms with Crippen molar-refractivity contribution in [3.05, 3.63) is 0 Å². The summed E-state index contributed by atoms with van der Waals surface area (Å²) in [6.45, 7) is 41.3. The molecule has 0 unspecified atom stereocenters. The van der Waals surface area contributed by atoms with Crippen molar-refractivity contribution in [3.8, 4) is 0 Å². The van der Waals surface area contributed by atoms with E-state index >= 15 is 0 Å². The zero-order chi connectivity index (χ0) is 43.4. The first-order valence-corrected chi connectivity index (χ1v) is 26.4. The van der Waals surface area contributed by atoms with Crippen molar-refractivity contribution in [2.24, 2.45) is 10.8 Å². The van der Waals surface area contributed by atoms with Crippen molar-refractivity contribution in [1.82, 2.24) is 9.80 Å². The molecule has 0 aromatic rings. The fourth-order valence-corrected chi connectivity index (χ4v) is 8.40. The first-order chi connectivity index (χ1) is 26.9. The minimum absolute atomic E-state index is 0. The Bertz CT molecular complexity index is 566. The Labute approximate surface area is 377 Å². The highest BCUT2D eigenvalue weighted by atomic mass is 15.2. The Hall–Kier alpha value is 0.0499. The maximum atomic E-state index is 2.64. The lowest BCUT2D eigenvalue weighted by Gasteiger charge is -2.41. The van der Waals surface area contributed by atoms with Crippen molar-refractivity contribution < 1.29 is 0 Å². The van der Waals surface area contributed by atoms with Gasteiger partial charge in [0.05, 0.1) is 0 Å². The monoisotopic (exact) mass is 817 g/mol. The van der Waals surface area contributed by atoms with Crippen LogP contribution < -0.4 is 0 Å². The Kier molecular flexibility index (Phi) is 64.0. The molecule has 0 bridgehead atoms. The van der Waals surface area contributed by atoms with Gasteiger partial charge in [0.15, 0.2) is 0 Å². The van der Waals surface area contributed by atoms with Gasteiger partial charge >= 0.3 is 0 Å². The molecule has 2 aliphatic carbocycles. The number of hydrogen-bond acceptors (Lipinski definition) is 2. The predicted molar refractivity (Wildman–Crippen MR) is 276 cm³/mol. The average molecular weight is 817 g/mol. The Balaban J connectivity index is -0.000000140. The van der Waals surface area contributed by atoms with Crippen LogP contribution in [0.5, 0.6) is 0 Å². The van der Waals surface area contributed by atoms with Crippen LogP contribution in [-0.2, 0) is 0 Å². The molecule has 0 aromatic heterocycles. The first kappa shape index (κ1) is 69.7. The Morgan fingerprint density at radius 2 is 0.448 bits per heavy atom. The SMILES string of the molecule is CC(C)N1CCC2(CCCC2)CC1.CC(C)N1CCC2(CCCC2)CC1.CCCCC.CCCCC.CCCCC.CCCCC.CCCCC.CCCCC.[B].[B]. The lowest BCUT2D eigenvalue weighted by Crippen LogP contribution is -2.42. The normalized spacial score (nSPS) is 17.3. The summed E-state index contributed by atoms with van der Waals surface area (Å²) in [7, 11) is 0. The van der Waals surface area contributed by atoms with E-state index in [1.807, 2.05) is 0 Å². The fourth-order valence-electron chi connectivity index (χ4n) is 8.40. The van der Waals surface area contributed by atoms with Gasteiger partial charge in [0.2, 0.25) is 0 Å². The average Bonchev–Trinajstić information content (AvgIpc) is 3.85. The topological polar surface area (TPSA) is 6.48 Å². The number of rotatable bonds is 14. The van der Waals surface area contributed by atoms with Crippen molar-refractivity contribution in [2.45, 2.75) is 315 Å². The number of nitrogens with zero attached hydrogens (tertiary/aromatic N) is 2. The minimum atomic E-state index is 0. The van der Waals surface area contributed by atoms with Crippen LogP contribution in [0.2, 0.25) is 0 Å². The van der Waals surface area contributed by atoms with E-state index in [2.05, 4.69) is 121 Å². The van der Waals surface area contributed by atoms with E-state index in [1.54, 1.807) is 0 Å². The maximum absolute atomic E-state index is 2.64. The standard InChI is InChI=1S/2C12H23N.6C5H12.2B/c2*1-11(2)13-9-7-12(8-10-13)5-3-4-6-12;6*1-3-5-4-2;;/h2*11H,3-10H2,1-2H3;6*3-5H2,1-2H3;;. The van der Waals surface area contributed by atoms with E-state index in [0.717, 1.165) is 22.9 Å². The van der Waals surface area contributed by atoms with Crippen molar-refractivity contribution in [3.63, 3.8) is 0 Å². The van der Waals surface area contributed by atoms with Gasteiger partial charge in [0.25, 0.3) is 0 Å². The number of unbranched alkanes of at least 4 members (excludes halogenated alkanes) is 12. The van der Waals surface area contributed by atoms with Crippen molar-refractivity contribution in [1.29, 1.82) is 0 Å². The van der Waals surface area contributed by atoms with Crippen LogP contribution in [0, 0.1) is 10.8 Å². The number of piperidine rings is 2. The van der Waals surface area contributed by atoms with Gasteiger partial charge in [0.1, 0.15) is 0 Å². The second-order valence-corrected chi connectivity index (χ2v) is 18.8. The Morgan fingerprint density at radius 1 is 0.293 bits per heavy atom. The highest BCUT2D eigenvalue weighted by Gasteiger charge is 2.38. The zero-order valence-corrected chi connectivity index (χ0v) is 44.2. The molecule has 6 radical (unpaired) electrons. The molecule has 58 heavy (non-hydrogen) atoms. The largest absolute Gasteiger partial charge is 0.301 e. The third-order valence-electron chi connectivity index (χ3n) is 12.7. The van der Waals surface area contributed by atoms with Crippen LogP contribution in [0.4, 0.5) is 0 Å². The molecular weight excluding hydrogens is 698 g/mol. The molecule has 0 amide bonds. The number of hydrogen-bond donors (Lipinski definition) is 0. The van der Waals surface area contributed by atoms with Crippen LogP contribution in [0.25, 0.3) is 0 Å². The fraction of sp³-hybridized carbons (Fsp3) is 1.00. The molecule has 2 spiro atoms. The van der Waals surface area contributed by atoms with Crippen molar-refractivity contribution in [2.75, 3.05) is 26.2 Å². The van der Waals surface area contributed by atoms with Gasteiger partial charge in [-0.25, -0.2) is 0 Å². The third kappa shape index (κ3) is 44.1. The summed E-state index contributed by atoms with van der Waals surface area (Å²) in [5, 5.41) is 0. The van der Waals surface area contributed by atoms with Crippen LogP contribution in [0.1, 0.15) is 303 Å². The van der Waals surface area contributed by atoms with E-state index < -0.39 is 0 Å². The van der Waals surface area contributed by atoms with Crippen LogP contribution in [0.3, 0.4) is 0 Å². The lowest BCUT2D eigenvalue weighted by atomic mass is 9.77. The number of likely N-dealkylation sites (tertiary alicyclic amines) is 2. The zero-order valence-electron chi connectivity index (χ0n) is 44.2. The molecule has 4 aliphatic rings. The molecule has 4 heteroatoms. The molecule has 350 valence electrons. The molecule has 2 nitrogen and oxygen atoms in total. The molecule has 2 saturated heterocycles. The second-order valence-electron chi connectivity index (χ2n) is 18.8. The summed E-state index contributed by atoms with van der Waals surface area (Å²) >= 11 is 0. The van der Waals surface area contributed by atoms with E-state index in [-0.39, 0.29) is 16.8 Å². The summed E-state index contributed by atoms with van der Waals surface area (Å²) in [4.78, 5) is 5.28. The highest BCUT2D eigenvalue weighted by Crippen LogP contribution is 2.47. The van der Waals surface area contributed by atoms with Gasteiger partial charge in [-0.2, -0.15) is 0 Å². The van der Waals surface area contributed by atoms with E-state index in [1.165, 1.54) is 219 Å². The van der Waals surface area contributed by atoms with Crippen LogP contribution in [0.15, 0.2) is 0 Å². The lowest BCUT2D eigenvalue weighted by molar-refractivity contribution is 0.0870. The van der Waals surface area contributed by atoms with E-state index in [0.29, 0.717) is 0 Å². The van der Waals surface area contributed by atoms with E-state index in [9.17, 15) is 0 Å². The van der Waals surface area contributed by atoms with Gasteiger partial charge in [-0.1, -0.05) is 224 Å². The summed E-state index contributed by atoms with van der Waals surface area (Å²) < 4.78 is 0. The molecule has 0 aromatic carbocycles. The summed E-state index contributed by atoms with van der Waals surface area (Å²) in [6, 6.07) is 1.53. The summed E-state index contributed by atoms with van der Waals surface area (Å²) in [5.74, 6) is 0. The molecule has 0 N–H and O–H groups in total. The van der Waals surface area contributed by atoms with Crippen LogP contribution in [-0.4, -0.2) is 64.9 Å². The maximum Gasteiger partial charge on any atom is 0.00385 e. The minimum Gasteiger partial charge on any atom is -0.301 e. The molecule has 2 heterocycles. The smallest absolute Gasteiger partial charge is 0.00385 e. The first-order valence-electron chi connectivity index (χ1n) is 26.4. The summed E-state index contributed by atoms with van der Waals surface area (Å²) in [6.07, 6.45) is 42.5. The molecule has 2 saturated carbocycles. The van der Waals surface area contributed by atoms with Gasteiger partial charge in [-0.05, 0) is 116 Å². The van der Waals surface area contributed by atoms with Gasteiger partial charge in [-0.3, -0.25) is 0 Å². The third-order valence-corrected chi connectivity index (χ3v) is 12.7. The van der Waals surface area contributed by atoms with Gasteiger partial charge < -0.3 is 9.80 Å². The second kappa shape index (κ2) is 53.2.